The number of esters is 1. The number of amides is 4. The van der Waals surface area contributed by atoms with Crippen molar-refractivity contribution in [3.05, 3.63) is 35.6 Å². The Morgan fingerprint density at radius 3 is 2.25 bits per heavy atom. The molecule has 154 valence electrons. The summed E-state index contributed by atoms with van der Waals surface area (Å²) in [5, 5.41) is 6.96. The number of carbonyl (C=O) groups is 4. The topological polar surface area (TPSA) is 114 Å². The van der Waals surface area contributed by atoms with Crippen molar-refractivity contribution in [1.82, 2.24) is 16.0 Å². The van der Waals surface area contributed by atoms with Gasteiger partial charge in [-0.15, -0.1) is 0 Å². The van der Waals surface area contributed by atoms with Gasteiger partial charge in [0, 0.05) is 5.54 Å². The van der Waals surface area contributed by atoms with Crippen LogP contribution in [0.1, 0.15) is 45.0 Å². The molecule has 3 N–H and O–H groups in total. The Kier molecular flexibility index (Phi) is 8.09. The molecule has 1 atom stereocenters. The van der Waals surface area contributed by atoms with Crippen LogP contribution in [0.15, 0.2) is 24.3 Å². The Morgan fingerprint density at radius 1 is 1.11 bits per heavy atom. The highest BCUT2D eigenvalue weighted by Crippen LogP contribution is 2.10. The van der Waals surface area contributed by atoms with Gasteiger partial charge >= 0.3 is 12.0 Å². The minimum atomic E-state index is -1.09. The maximum atomic E-state index is 13.7. The molecule has 28 heavy (non-hydrogen) atoms. The van der Waals surface area contributed by atoms with Gasteiger partial charge in [0.25, 0.3) is 11.8 Å². The molecule has 0 fully saturated rings. The van der Waals surface area contributed by atoms with Crippen LogP contribution < -0.4 is 16.0 Å². The molecule has 0 bridgehead atoms. The predicted octanol–water partition coefficient (Wildman–Crippen LogP) is 1.75. The number of benzene rings is 1. The number of nitrogens with one attached hydrogen (secondary N) is 3. The van der Waals surface area contributed by atoms with Crippen LogP contribution in [-0.4, -0.2) is 42.0 Å². The highest BCUT2D eigenvalue weighted by molar-refractivity contribution is 5.98. The smallest absolute Gasteiger partial charge is 0.329 e. The Bertz CT molecular complexity index is 743. The summed E-state index contributed by atoms with van der Waals surface area (Å²) in [6.07, 6.45) is 0. The van der Waals surface area contributed by atoms with Crippen LogP contribution in [0, 0.1) is 11.7 Å². The van der Waals surface area contributed by atoms with Gasteiger partial charge in [0.05, 0.1) is 5.56 Å². The summed E-state index contributed by atoms with van der Waals surface area (Å²) in [5.74, 6) is -3.57. The molecule has 1 aromatic carbocycles. The third kappa shape index (κ3) is 7.73. The van der Waals surface area contributed by atoms with Crippen molar-refractivity contribution < 1.29 is 28.3 Å². The average Bonchev–Trinajstić information content (AvgIpc) is 2.55. The molecule has 8 nitrogen and oxygen atoms in total. The molecule has 0 aliphatic heterocycles. The molecule has 4 amide bonds. The zero-order valence-electron chi connectivity index (χ0n) is 16.6. The second-order valence-electron chi connectivity index (χ2n) is 7.54. The van der Waals surface area contributed by atoms with Crippen LogP contribution in [0.25, 0.3) is 0 Å². The number of carbonyl (C=O) groups excluding carboxylic acids is 4. The van der Waals surface area contributed by atoms with Gasteiger partial charge in [0.1, 0.15) is 11.9 Å². The van der Waals surface area contributed by atoms with E-state index in [0.29, 0.717) is 0 Å². The summed E-state index contributed by atoms with van der Waals surface area (Å²) in [6, 6.07) is 3.53. The third-order valence-corrected chi connectivity index (χ3v) is 3.41. The third-order valence-electron chi connectivity index (χ3n) is 3.41. The molecule has 0 aliphatic carbocycles. The quantitative estimate of drug-likeness (QED) is 0.635. The Balaban J connectivity index is 2.63. The van der Waals surface area contributed by atoms with Gasteiger partial charge < -0.3 is 15.4 Å². The minimum absolute atomic E-state index is 0.211. The van der Waals surface area contributed by atoms with Crippen LogP contribution >= 0.6 is 0 Å². The predicted molar refractivity (Wildman–Crippen MR) is 99.9 cm³/mol. The number of ether oxygens (including phenoxy) is 1. The van der Waals surface area contributed by atoms with Crippen molar-refractivity contribution in [3.8, 4) is 0 Å². The van der Waals surface area contributed by atoms with Crippen LogP contribution in [0.3, 0.4) is 0 Å². The largest absolute Gasteiger partial charge is 0.454 e. The lowest BCUT2D eigenvalue weighted by atomic mass is 10.0. The van der Waals surface area contributed by atoms with E-state index in [1.807, 2.05) is 5.32 Å². The monoisotopic (exact) mass is 395 g/mol. The van der Waals surface area contributed by atoms with Crippen molar-refractivity contribution >= 4 is 23.8 Å². The summed E-state index contributed by atoms with van der Waals surface area (Å²) >= 11 is 0. The highest BCUT2D eigenvalue weighted by atomic mass is 19.1. The van der Waals surface area contributed by atoms with E-state index >= 15 is 0 Å². The molecular formula is C19H26FN3O5. The first-order valence-corrected chi connectivity index (χ1v) is 8.74. The summed E-state index contributed by atoms with van der Waals surface area (Å²) in [4.78, 5) is 47.8. The molecule has 1 rings (SSSR count). The van der Waals surface area contributed by atoms with Crippen molar-refractivity contribution in [2.75, 3.05) is 6.61 Å². The lowest BCUT2D eigenvalue weighted by molar-refractivity contribution is -0.151. The molecule has 0 saturated heterocycles. The molecule has 0 unspecified atom stereocenters. The Labute approximate surface area is 163 Å². The van der Waals surface area contributed by atoms with Gasteiger partial charge in [-0.3, -0.25) is 14.9 Å². The van der Waals surface area contributed by atoms with Crippen LogP contribution in [-0.2, 0) is 14.3 Å². The van der Waals surface area contributed by atoms with E-state index in [4.69, 9.17) is 4.74 Å². The Hall–Kier alpha value is -2.97. The summed E-state index contributed by atoms with van der Waals surface area (Å²) in [5.41, 5.74) is -0.752. The number of halogens is 1. The average molecular weight is 395 g/mol. The lowest BCUT2D eigenvalue weighted by Gasteiger charge is -2.21. The van der Waals surface area contributed by atoms with Gasteiger partial charge in [0.2, 0.25) is 0 Å². The summed E-state index contributed by atoms with van der Waals surface area (Å²) in [6.45, 7) is 7.83. The zero-order chi connectivity index (χ0) is 21.5. The fraction of sp³-hybridized carbons (Fsp3) is 0.474. The second kappa shape index (κ2) is 9.82. The van der Waals surface area contributed by atoms with E-state index in [-0.39, 0.29) is 11.5 Å². The van der Waals surface area contributed by atoms with Crippen LogP contribution in [0.2, 0.25) is 0 Å². The normalized spacial score (nSPS) is 12.1. The number of urea groups is 1. The van der Waals surface area contributed by atoms with Crippen molar-refractivity contribution in [1.29, 1.82) is 0 Å². The van der Waals surface area contributed by atoms with E-state index in [1.165, 1.54) is 18.2 Å². The lowest BCUT2D eigenvalue weighted by Crippen LogP contribution is -2.50. The molecular weight excluding hydrogens is 369 g/mol. The first kappa shape index (κ1) is 23.1. The second-order valence-corrected chi connectivity index (χ2v) is 7.54. The maximum Gasteiger partial charge on any atom is 0.329 e. The summed E-state index contributed by atoms with van der Waals surface area (Å²) < 4.78 is 18.6. The summed E-state index contributed by atoms with van der Waals surface area (Å²) in [7, 11) is 0. The fourth-order valence-corrected chi connectivity index (χ4v) is 2.12. The molecule has 1 aromatic rings. The highest BCUT2D eigenvalue weighted by Gasteiger charge is 2.28. The molecule has 0 aromatic heterocycles. The van der Waals surface area contributed by atoms with Crippen LogP contribution in [0.4, 0.5) is 9.18 Å². The van der Waals surface area contributed by atoms with E-state index in [1.54, 1.807) is 34.6 Å². The molecule has 0 saturated carbocycles. The molecule has 0 radical (unpaired) electrons. The molecule has 0 aliphatic rings. The standard InChI is InChI=1S/C19H26FN3O5/c1-11(2)15(22-16(25)12-8-6-7-9-13(12)20)17(26)28-10-14(24)21-18(27)23-19(3,4)5/h6-9,11,15H,10H2,1-5H3,(H,22,25)(H2,21,23,24,27)/t15-/m0/s1. The van der Waals surface area contributed by atoms with Crippen molar-refractivity contribution in [3.63, 3.8) is 0 Å². The number of imide groups is 1. The minimum Gasteiger partial charge on any atom is -0.454 e. The SMILES string of the molecule is CC(C)[C@H](NC(=O)c1ccccc1F)C(=O)OCC(=O)NC(=O)NC(C)(C)C. The van der Waals surface area contributed by atoms with Gasteiger partial charge in [-0.2, -0.15) is 0 Å². The molecule has 0 spiro atoms. The maximum absolute atomic E-state index is 13.7. The molecule has 9 heteroatoms. The zero-order valence-corrected chi connectivity index (χ0v) is 16.6. The van der Waals surface area contributed by atoms with E-state index in [2.05, 4.69) is 10.6 Å². The fourth-order valence-electron chi connectivity index (χ4n) is 2.12. The molecule has 0 heterocycles. The van der Waals surface area contributed by atoms with Gasteiger partial charge in [-0.1, -0.05) is 26.0 Å². The first-order chi connectivity index (χ1) is 12.9. The van der Waals surface area contributed by atoms with E-state index in [9.17, 15) is 23.6 Å². The van der Waals surface area contributed by atoms with Crippen molar-refractivity contribution in [2.45, 2.75) is 46.2 Å². The van der Waals surface area contributed by atoms with E-state index < -0.39 is 47.8 Å². The number of hydrogen-bond donors (Lipinski definition) is 3. The number of rotatable bonds is 6. The van der Waals surface area contributed by atoms with Gasteiger partial charge in [-0.05, 0) is 38.8 Å². The van der Waals surface area contributed by atoms with Crippen molar-refractivity contribution in [2.24, 2.45) is 5.92 Å². The first-order valence-electron chi connectivity index (χ1n) is 8.74. The Morgan fingerprint density at radius 2 is 1.71 bits per heavy atom. The van der Waals surface area contributed by atoms with Gasteiger partial charge in [0.15, 0.2) is 6.61 Å². The number of hydrogen-bond acceptors (Lipinski definition) is 5. The van der Waals surface area contributed by atoms with E-state index in [0.717, 1.165) is 6.07 Å². The van der Waals surface area contributed by atoms with Crippen LogP contribution in [0.5, 0.6) is 0 Å². The van der Waals surface area contributed by atoms with Gasteiger partial charge in [-0.25, -0.2) is 14.0 Å².